The minimum Gasteiger partial charge on any atom is -0.465 e. The van der Waals surface area contributed by atoms with E-state index in [-0.39, 0.29) is 12.5 Å². The van der Waals surface area contributed by atoms with E-state index in [9.17, 15) is 14.4 Å². The van der Waals surface area contributed by atoms with E-state index in [0.717, 1.165) is 4.57 Å². The molecule has 2 atom stereocenters. The number of benzene rings is 1. The number of fused-ring (bicyclic) bond motifs is 1. The molecule has 0 saturated carbocycles. The van der Waals surface area contributed by atoms with Crippen LogP contribution in [0.15, 0.2) is 46.1 Å². The van der Waals surface area contributed by atoms with Gasteiger partial charge in [-0.25, -0.2) is 4.79 Å². The molecule has 1 aromatic carbocycles. The van der Waals surface area contributed by atoms with Crippen molar-refractivity contribution < 1.29 is 9.53 Å². The van der Waals surface area contributed by atoms with Crippen molar-refractivity contribution in [2.75, 3.05) is 11.9 Å². The van der Waals surface area contributed by atoms with Crippen LogP contribution in [-0.4, -0.2) is 21.7 Å². The molecule has 1 aliphatic rings. The van der Waals surface area contributed by atoms with Gasteiger partial charge in [-0.15, -0.1) is 0 Å². The van der Waals surface area contributed by atoms with E-state index in [4.69, 9.17) is 16.3 Å². The van der Waals surface area contributed by atoms with E-state index in [1.165, 1.54) is 11.6 Å². The van der Waals surface area contributed by atoms with Crippen LogP contribution in [0.5, 0.6) is 0 Å². The fourth-order valence-corrected chi connectivity index (χ4v) is 3.67. The Morgan fingerprint density at radius 3 is 2.41 bits per heavy atom. The summed E-state index contributed by atoms with van der Waals surface area (Å²) >= 11 is 6.03. The maximum Gasteiger partial charge on any atom is 0.332 e. The van der Waals surface area contributed by atoms with Crippen molar-refractivity contribution in [3.8, 4) is 0 Å². The molecular formula is C21H24ClN3O4. The summed E-state index contributed by atoms with van der Waals surface area (Å²) < 4.78 is 7.87. The van der Waals surface area contributed by atoms with E-state index in [1.807, 2.05) is 13.8 Å². The Hall–Kier alpha value is -2.80. The van der Waals surface area contributed by atoms with Crippen molar-refractivity contribution in [3.05, 3.63) is 73.5 Å². The third-order valence-corrected chi connectivity index (χ3v) is 5.29. The minimum atomic E-state index is -0.826. The SMILES string of the molecule is C=C1Nc2c(c(=O)n(C)c(=O)n2C)[C@@H](c2ccc(Cl)cc2)[C@@H]1C(=O)OCC(C)C. The first-order valence-corrected chi connectivity index (χ1v) is 9.69. The molecule has 29 heavy (non-hydrogen) atoms. The van der Waals surface area contributed by atoms with Crippen molar-refractivity contribution in [1.82, 2.24) is 9.13 Å². The normalized spacial score (nSPS) is 18.3. The van der Waals surface area contributed by atoms with Crippen molar-refractivity contribution in [2.45, 2.75) is 19.8 Å². The molecule has 0 fully saturated rings. The van der Waals surface area contributed by atoms with Gasteiger partial charge >= 0.3 is 11.7 Å². The number of anilines is 1. The summed E-state index contributed by atoms with van der Waals surface area (Å²) in [5, 5.41) is 3.53. The van der Waals surface area contributed by atoms with Gasteiger partial charge in [0.25, 0.3) is 5.56 Å². The summed E-state index contributed by atoms with van der Waals surface area (Å²) in [5.41, 5.74) is 0.459. The largest absolute Gasteiger partial charge is 0.465 e. The van der Waals surface area contributed by atoms with E-state index in [0.29, 0.717) is 27.7 Å². The molecule has 0 unspecified atom stereocenters. The number of carbonyl (C=O) groups is 1. The summed E-state index contributed by atoms with van der Waals surface area (Å²) in [6.45, 7) is 8.14. The first-order valence-electron chi connectivity index (χ1n) is 9.31. The third kappa shape index (κ3) is 3.74. The van der Waals surface area contributed by atoms with Gasteiger partial charge in [-0.1, -0.05) is 44.2 Å². The zero-order chi connectivity index (χ0) is 21.5. The maximum absolute atomic E-state index is 13.1. The van der Waals surface area contributed by atoms with E-state index in [2.05, 4.69) is 11.9 Å². The Labute approximate surface area is 173 Å². The van der Waals surface area contributed by atoms with Crippen LogP contribution >= 0.6 is 11.6 Å². The number of esters is 1. The summed E-state index contributed by atoms with van der Waals surface area (Å²) in [5.74, 6) is -1.47. The zero-order valence-corrected chi connectivity index (χ0v) is 17.6. The first kappa shape index (κ1) is 20.9. The topological polar surface area (TPSA) is 82.3 Å². The van der Waals surface area contributed by atoms with Gasteiger partial charge in [-0.3, -0.25) is 18.7 Å². The Morgan fingerprint density at radius 1 is 1.21 bits per heavy atom. The minimum absolute atomic E-state index is 0.165. The highest BCUT2D eigenvalue weighted by Crippen LogP contribution is 2.42. The van der Waals surface area contributed by atoms with Crippen LogP contribution in [0.1, 0.15) is 30.9 Å². The predicted octanol–water partition coefficient (Wildman–Crippen LogP) is 2.62. The highest BCUT2D eigenvalue weighted by atomic mass is 35.5. The van der Waals surface area contributed by atoms with Crippen molar-refractivity contribution in [2.24, 2.45) is 25.9 Å². The summed E-state index contributed by atoms with van der Waals surface area (Å²) in [4.78, 5) is 38.5. The Bertz CT molecular complexity index is 1080. The smallest absolute Gasteiger partial charge is 0.332 e. The number of halogens is 1. The molecule has 2 heterocycles. The molecule has 8 heteroatoms. The number of hydrogen-bond donors (Lipinski definition) is 1. The molecule has 0 saturated heterocycles. The molecule has 0 spiro atoms. The van der Waals surface area contributed by atoms with Crippen LogP contribution in [-0.2, 0) is 23.6 Å². The summed E-state index contributed by atoms with van der Waals surface area (Å²) in [6.07, 6.45) is 0. The van der Waals surface area contributed by atoms with E-state index < -0.39 is 29.1 Å². The molecule has 0 amide bonds. The lowest BCUT2D eigenvalue weighted by Crippen LogP contribution is -2.46. The maximum atomic E-state index is 13.1. The lowest BCUT2D eigenvalue weighted by Gasteiger charge is -2.35. The Kier molecular flexibility index (Phi) is 5.71. The van der Waals surface area contributed by atoms with Gasteiger partial charge in [0.15, 0.2) is 0 Å². The quantitative estimate of drug-likeness (QED) is 0.773. The monoisotopic (exact) mass is 417 g/mol. The molecule has 0 bridgehead atoms. The molecular weight excluding hydrogens is 394 g/mol. The molecule has 7 nitrogen and oxygen atoms in total. The van der Waals surface area contributed by atoms with Crippen LogP contribution in [0.4, 0.5) is 5.82 Å². The van der Waals surface area contributed by atoms with Crippen LogP contribution in [0.2, 0.25) is 5.02 Å². The molecule has 1 aliphatic heterocycles. The summed E-state index contributed by atoms with van der Waals surface area (Å²) in [6, 6.07) is 6.93. The molecule has 2 aromatic rings. The molecule has 3 rings (SSSR count). The second kappa shape index (κ2) is 7.91. The van der Waals surface area contributed by atoms with Gasteiger partial charge in [-0.2, -0.15) is 0 Å². The summed E-state index contributed by atoms with van der Waals surface area (Å²) in [7, 11) is 2.98. The molecule has 0 aliphatic carbocycles. The van der Waals surface area contributed by atoms with E-state index >= 15 is 0 Å². The number of nitrogens with one attached hydrogen (secondary N) is 1. The van der Waals surface area contributed by atoms with Gasteiger partial charge in [0.05, 0.1) is 12.2 Å². The predicted molar refractivity (Wildman–Crippen MR) is 112 cm³/mol. The van der Waals surface area contributed by atoms with Gasteiger partial charge in [0.2, 0.25) is 0 Å². The number of aromatic nitrogens is 2. The highest BCUT2D eigenvalue weighted by Gasteiger charge is 2.42. The van der Waals surface area contributed by atoms with Crippen LogP contribution in [0.3, 0.4) is 0 Å². The fourth-order valence-electron chi connectivity index (χ4n) is 3.55. The van der Waals surface area contributed by atoms with Crippen LogP contribution < -0.4 is 16.6 Å². The standard InChI is InChI=1S/C21H24ClN3O4/c1-11(2)10-29-20(27)15-12(3)23-18-17(19(26)25(5)21(28)24(18)4)16(15)13-6-8-14(22)9-7-13/h6-9,11,15-16,23H,3,10H2,1-2,4-5H3/t15-,16+/m1/s1. The second-order valence-corrected chi connectivity index (χ2v) is 8.09. The van der Waals surface area contributed by atoms with E-state index in [1.54, 1.807) is 31.3 Å². The van der Waals surface area contributed by atoms with Crippen molar-refractivity contribution >= 4 is 23.4 Å². The van der Waals surface area contributed by atoms with Gasteiger partial charge in [0.1, 0.15) is 11.7 Å². The van der Waals surface area contributed by atoms with Gasteiger partial charge in [0, 0.05) is 30.7 Å². The number of nitrogens with zero attached hydrogens (tertiary/aromatic N) is 2. The van der Waals surface area contributed by atoms with Crippen molar-refractivity contribution in [3.63, 3.8) is 0 Å². The Morgan fingerprint density at radius 2 is 1.83 bits per heavy atom. The zero-order valence-electron chi connectivity index (χ0n) is 16.9. The molecule has 1 N–H and O–H groups in total. The fraction of sp³-hybridized carbons (Fsp3) is 0.381. The van der Waals surface area contributed by atoms with Gasteiger partial charge in [-0.05, 0) is 23.6 Å². The highest BCUT2D eigenvalue weighted by molar-refractivity contribution is 6.30. The van der Waals surface area contributed by atoms with Crippen LogP contribution in [0, 0.1) is 11.8 Å². The first-order chi connectivity index (χ1) is 13.6. The number of carbonyl (C=O) groups excluding carboxylic acids is 1. The number of rotatable bonds is 4. The average Bonchev–Trinajstić information content (AvgIpc) is 2.68. The molecule has 154 valence electrons. The molecule has 0 radical (unpaired) electrons. The molecule has 1 aromatic heterocycles. The third-order valence-electron chi connectivity index (χ3n) is 5.04. The van der Waals surface area contributed by atoms with Gasteiger partial charge < -0.3 is 10.1 Å². The second-order valence-electron chi connectivity index (χ2n) is 7.65. The number of ether oxygens (including phenoxy) is 1. The average molecular weight is 418 g/mol. The van der Waals surface area contributed by atoms with Crippen molar-refractivity contribution in [1.29, 1.82) is 0 Å². The van der Waals surface area contributed by atoms with Crippen LogP contribution in [0.25, 0.3) is 0 Å². The Balaban J connectivity index is 2.25. The lowest BCUT2D eigenvalue weighted by atomic mass is 9.77. The number of hydrogen-bond acceptors (Lipinski definition) is 5. The lowest BCUT2D eigenvalue weighted by molar-refractivity contribution is -0.148.